The highest BCUT2D eigenvalue weighted by molar-refractivity contribution is 7.89. The number of hydrogen-bond acceptors (Lipinski definition) is 4. The van der Waals surface area contributed by atoms with E-state index in [4.69, 9.17) is 4.42 Å². The lowest BCUT2D eigenvalue weighted by molar-refractivity contribution is 0.0918. The second kappa shape index (κ2) is 7.54. The van der Waals surface area contributed by atoms with E-state index in [1.165, 1.54) is 12.1 Å². The van der Waals surface area contributed by atoms with E-state index >= 15 is 0 Å². The molecule has 0 aliphatic carbocycles. The first kappa shape index (κ1) is 19.1. The Morgan fingerprint density at radius 1 is 1.11 bits per heavy atom. The van der Waals surface area contributed by atoms with Crippen LogP contribution in [-0.2, 0) is 10.0 Å². The number of amides is 1. The molecule has 0 spiro atoms. The van der Waals surface area contributed by atoms with Crippen LogP contribution in [0.4, 0.5) is 0 Å². The van der Waals surface area contributed by atoms with Gasteiger partial charge in [0.2, 0.25) is 0 Å². The zero-order valence-corrected chi connectivity index (χ0v) is 16.3. The summed E-state index contributed by atoms with van der Waals surface area (Å²) in [5.74, 6) is -0.222. The van der Waals surface area contributed by atoms with Gasteiger partial charge in [0, 0.05) is 10.9 Å². The Hall–Kier alpha value is -2.64. The molecule has 0 bridgehead atoms. The van der Waals surface area contributed by atoms with Crippen LogP contribution in [0.5, 0.6) is 0 Å². The van der Waals surface area contributed by atoms with Crippen LogP contribution in [0.3, 0.4) is 0 Å². The van der Waals surface area contributed by atoms with Crippen molar-refractivity contribution in [3.63, 3.8) is 0 Å². The number of carbonyl (C=O) groups is 1. The van der Waals surface area contributed by atoms with Crippen molar-refractivity contribution in [3.05, 3.63) is 65.4 Å². The number of nitrogens with one attached hydrogen (secondary N) is 2. The molecule has 0 saturated carbocycles. The second-order valence-corrected chi connectivity index (χ2v) is 8.17. The normalized spacial score (nSPS) is 12.9. The molecule has 1 aromatic heterocycles. The van der Waals surface area contributed by atoms with Gasteiger partial charge in [-0.1, -0.05) is 44.2 Å². The third-order valence-electron chi connectivity index (χ3n) is 4.72. The Balaban J connectivity index is 1.74. The molecule has 1 amide bonds. The predicted octanol–water partition coefficient (Wildman–Crippen LogP) is 3.88. The fourth-order valence-corrected chi connectivity index (χ4v) is 3.67. The number of furan rings is 1. The monoisotopic (exact) mass is 386 g/mol. The van der Waals surface area contributed by atoms with Crippen molar-refractivity contribution in [3.8, 4) is 0 Å². The fraction of sp³-hybridized carbons (Fsp3) is 0.250. The standard InChI is InChI=1S/C20H22N2O4S/c1-4-13(2)15-9-11-16(12-10-15)27(24,25)22-21-20(23)19-14(3)17-7-5-6-8-18(17)26-19/h5-13,22H,4H2,1-3H3,(H,21,23). The molecule has 0 aliphatic heterocycles. The fourth-order valence-electron chi connectivity index (χ4n) is 2.83. The Morgan fingerprint density at radius 2 is 1.78 bits per heavy atom. The molecule has 142 valence electrons. The van der Waals surface area contributed by atoms with Gasteiger partial charge >= 0.3 is 5.91 Å². The van der Waals surface area contributed by atoms with Gasteiger partial charge < -0.3 is 4.42 Å². The number of benzene rings is 2. The molecule has 1 unspecified atom stereocenters. The maximum Gasteiger partial charge on any atom is 0.302 e. The lowest BCUT2D eigenvalue weighted by Gasteiger charge is -2.11. The van der Waals surface area contributed by atoms with Gasteiger partial charge in [-0.05, 0) is 43.0 Å². The molecular weight excluding hydrogens is 364 g/mol. The Morgan fingerprint density at radius 3 is 2.41 bits per heavy atom. The number of carbonyl (C=O) groups excluding carboxylic acids is 1. The molecule has 0 saturated heterocycles. The van der Waals surface area contributed by atoms with Crippen molar-refractivity contribution in [1.29, 1.82) is 0 Å². The number of fused-ring (bicyclic) bond motifs is 1. The zero-order chi connectivity index (χ0) is 19.6. The topological polar surface area (TPSA) is 88.4 Å². The Kier molecular flexibility index (Phi) is 5.34. The highest BCUT2D eigenvalue weighted by Crippen LogP contribution is 2.25. The van der Waals surface area contributed by atoms with Crippen LogP contribution in [0.15, 0.2) is 57.8 Å². The summed E-state index contributed by atoms with van der Waals surface area (Å²) in [6.07, 6.45) is 0.969. The van der Waals surface area contributed by atoms with Crippen LogP contribution in [0.2, 0.25) is 0 Å². The second-order valence-electron chi connectivity index (χ2n) is 6.49. The quantitative estimate of drug-likeness (QED) is 0.629. The molecule has 3 rings (SSSR count). The van der Waals surface area contributed by atoms with E-state index in [0.29, 0.717) is 17.1 Å². The number of para-hydroxylation sites is 1. The van der Waals surface area contributed by atoms with E-state index in [9.17, 15) is 13.2 Å². The first-order valence-electron chi connectivity index (χ1n) is 8.73. The average Bonchev–Trinajstić information content (AvgIpc) is 3.02. The zero-order valence-electron chi connectivity index (χ0n) is 15.4. The number of aryl methyl sites for hydroxylation is 1. The first-order chi connectivity index (χ1) is 12.8. The summed E-state index contributed by atoms with van der Waals surface area (Å²) in [5, 5.41) is 0.811. The van der Waals surface area contributed by atoms with Crippen LogP contribution in [0.1, 0.15) is 47.9 Å². The van der Waals surface area contributed by atoms with E-state index in [-0.39, 0.29) is 10.7 Å². The lowest BCUT2D eigenvalue weighted by Crippen LogP contribution is -2.41. The van der Waals surface area contributed by atoms with Crippen LogP contribution in [0, 0.1) is 6.92 Å². The van der Waals surface area contributed by atoms with Gasteiger partial charge in [0.15, 0.2) is 5.76 Å². The van der Waals surface area contributed by atoms with Gasteiger partial charge in [0.05, 0.1) is 4.90 Å². The average molecular weight is 386 g/mol. The summed E-state index contributed by atoms with van der Waals surface area (Å²) >= 11 is 0. The van der Waals surface area contributed by atoms with Gasteiger partial charge in [-0.3, -0.25) is 10.2 Å². The van der Waals surface area contributed by atoms with Crippen molar-refractivity contribution in [2.75, 3.05) is 0 Å². The molecule has 27 heavy (non-hydrogen) atoms. The minimum absolute atomic E-state index is 0.0750. The maximum atomic E-state index is 12.4. The molecule has 0 aliphatic rings. The summed E-state index contributed by atoms with van der Waals surface area (Å²) in [5.41, 5.74) is 4.51. The number of hydrogen-bond donors (Lipinski definition) is 2. The molecule has 7 heteroatoms. The maximum absolute atomic E-state index is 12.4. The van der Waals surface area contributed by atoms with Gasteiger partial charge in [-0.15, -0.1) is 4.83 Å². The predicted molar refractivity (Wildman–Crippen MR) is 104 cm³/mol. The molecule has 1 heterocycles. The molecular formula is C20H22N2O4S. The highest BCUT2D eigenvalue weighted by atomic mass is 32.2. The van der Waals surface area contributed by atoms with Crippen molar-refractivity contribution >= 4 is 26.9 Å². The van der Waals surface area contributed by atoms with Crippen molar-refractivity contribution in [2.24, 2.45) is 0 Å². The smallest absolute Gasteiger partial charge is 0.302 e. The van der Waals surface area contributed by atoms with E-state index in [0.717, 1.165) is 17.4 Å². The molecule has 6 nitrogen and oxygen atoms in total. The summed E-state index contributed by atoms with van der Waals surface area (Å²) in [6, 6.07) is 13.9. The molecule has 3 aromatic rings. The minimum Gasteiger partial charge on any atom is -0.451 e. The molecule has 2 aromatic carbocycles. The summed E-state index contributed by atoms with van der Waals surface area (Å²) in [6.45, 7) is 5.91. The summed E-state index contributed by atoms with van der Waals surface area (Å²) in [7, 11) is -3.88. The third kappa shape index (κ3) is 3.89. The highest BCUT2D eigenvalue weighted by Gasteiger charge is 2.20. The van der Waals surface area contributed by atoms with E-state index < -0.39 is 15.9 Å². The van der Waals surface area contributed by atoms with E-state index in [2.05, 4.69) is 24.1 Å². The number of sulfonamides is 1. The van der Waals surface area contributed by atoms with Crippen LogP contribution in [-0.4, -0.2) is 14.3 Å². The van der Waals surface area contributed by atoms with Gasteiger partial charge in [0.25, 0.3) is 10.0 Å². The van der Waals surface area contributed by atoms with Gasteiger partial charge in [0.1, 0.15) is 5.58 Å². The molecule has 0 fully saturated rings. The lowest BCUT2D eigenvalue weighted by atomic mass is 9.99. The number of rotatable bonds is 6. The molecule has 1 atom stereocenters. The minimum atomic E-state index is -3.88. The van der Waals surface area contributed by atoms with Gasteiger partial charge in [-0.25, -0.2) is 8.42 Å². The molecule has 0 radical (unpaired) electrons. The van der Waals surface area contributed by atoms with Crippen LogP contribution in [0.25, 0.3) is 11.0 Å². The Labute approximate surface area is 158 Å². The Bertz CT molecular complexity index is 1070. The van der Waals surface area contributed by atoms with Crippen molar-refractivity contribution in [1.82, 2.24) is 10.3 Å². The van der Waals surface area contributed by atoms with Gasteiger partial charge in [-0.2, -0.15) is 0 Å². The van der Waals surface area contributed by atoms with Crippen molar-refractivity contribution < 1.29 is 17.6 Å². The van der Waals surface area contributed by atoms with E-state index in [1.807, 2.05) is 12.1 Å². The largest absolute Gasteiger partial charge is 0.451 e. The SMILES string of the molecule is CCC(C)c1ccc(S(=O)(=O)NNC(=O)c2oc3ccccc3c2C)cc1. The summed E-state index contributed by atoms with van der Waals surface area (Å²) in [4.78, 5) is 14.6. The first-order valence-corrected chi connectivity index (χ1v) is 10.2. The molecule has 2 N–H and O–H groups in total. The van der Waals surface area contributed by atoms with Crippen LogP contribution < -0.4 is 10.3 Å². The number of hydrazine groups is 1. The third-order valence-corrected chi connectivity index (χ3v) is 5.98. The van der Waals surface area contributed by atoms with E-state index in [1.54, 1.807) is 31.2 Å². The summed E-state index contributed by atoms with van der Waals surface area (Å²) < 4.78 is 30.4. The van der Waals surface area contributed by atoms with Crippen molar-refractivity contribution in [2.45, 2.75) is 38.0 Å². The van der Waals surface area contributed by atoms with Crippen LogP contribution >= 0.6 is 0 Å².